The quantitative estimate of drug-likeness (QED) is 0.603. The molecule has 0 bridgehead atoms. The zero-order valence-electron chi connectivity index (χ0n) is 10.5. The lowest BCUT2D eigenvalue weighted by atomic mass is 10.0. The second-order valence-electron chi connectivity index (χ2n) is 4.20. The summed E-state index contributed by atoms with van der Waals surface area (Å²) in [6.45, 7) is 0.935. The Labute approximate surface area is 108 Å². The van der Waals surface area contributed by atoms with Crippen molar-refractivity contribution in [3.05, 3.63) is 28.8 Å². The summed E-state index contributed by atoms with van der Waals surface area (Å²) in [6.07, 6.45) is 0.889. The molecule has 1 aromatic rings. The Hall–Kier alpha value is -0.810. The van der Waals surface area contributed by atoms with Crippen molar-refractivity contribution >= 4 is 11.6 Å². The van der Waals surface area contributed by atoms with Crippen LogP contribution in [0.25, 0.3) is 0 Å². The highest BCUT2D eigenvalue weighted by Gasteiger charge is 2.15. The molecule has 17 heavy (non-hydrogen) atoms. The van der Waals surface area contributed by atoms with Crippen molar-refractivity contribution in [2.45, 2.75) is 12.5 Å². The average Bonchev–Trinajstić information content (AvgIpc) is 2.30. The van der Waals surface area contributed by atoms with Crippen molar-refractivity contribution in [2.24, 2.45) is 5.84 Å². The van der Waals surface area contributed by atoms with E-state index in [1.165, 1.54) is 0 Å². The van der Waals surface area contributed by atoms with Crippen molar-refractivity contribution in [1.29, 1.82) is 0 Å². The fourth-order valence-electron chi connectivity index (χ4n) is 1.69. The number of benzene rings is 1. The van der Waals surface area contributed by atoms with Crippen LogP contribution in [0.4, 0.5) is 0 Å². The van der Waals surface area contributed by atoms with E-state index in [1.807, 2.05) is 32.3 Å². The number of hydrogen-bond acceptors (Lipinski definition) is 4. The van der Waals surface area contributed by atoms with Gasteiger partial charge in [0.05, 0.1) is 13.2 Å². The van der Waals surface area contributed by atoms with Crippen LogP contribution in [0.15, 0.2) is 18.2 Å². The van der Waals surface area contributed by atoms with E-state index < -0.39 is 0 Å². The largest absolute Gasteiger partial charge is 0.496 e. The molecule has 1 aromatic carbocycles. The van der Waals surface area contributed by atoms with E-state index in [0.29, 0.717) is 5.02 Å². The predicted molar refractivity (Wildman–Crippen MR) is 71.2 cm³/mol. The number of methoxy groups -OCH3 is 1. The Balaban J connectivity index is 2.89. The summed E-state index contributed by atoms with van der Waals surface area (Å²) in [6, 6.07) is 5.59. The van der Waals surface area contributed by atoms with Gasteiger partial charge in [0.15, 0.2) is 0 Å². The third-order valence-electron chi connectivity index (χ3n) is 2.63. The minimum Gasteiger partial charge on any atom is -0.496 e. The van der Waals surface area contributed by atoms with E-state index in [-0.39, 0.29) is 6.04 Å². The van der Waals surface area contributed by atoms with Gasteiger partial charge in [-0.05, 0) is 45.3 Å². The first-order valence-electron chi connectivity index (χ1n) is 5.52. The summed E-state index contributed by atoms with van der Waals surface area (Å²) in [7, 11) is 5.71. The maximum Gasteiger partial charge on any atom is 0.123 e. The molecular weight excluding hydrogens is 238 g/mol. The molecule has 0 spiro atoms. The molecule has 0 fully saturated rings. The van der Waals surface area contributed by atoms with Crippen LogP contribution in [0.2, 0.25) is 5.02 Å². The Morgan fingerprint density at radius 2 is 2.18 bits per heavy atom. The molecule has 4 nitrogen and oxygen atoms in total. The van der Waals surface area contributed by atoms with Crippen LogP contribution < -0.4 is 16.0 Å². The lowest BCUT2D eigenvalue weighted by Crippen LogP contribution is -2.31. The summed E-state index contributed by atoms with van der Waals surface area (Å²) in [5.74, 6) is 6.40. The van der Waals surface area contributed by atoms with Gasteiger partial charge in [0.1, 0.15) is 5.75 Å². The summed E-state index contributed by atoms with van der Waals surface area (Å²) in [5, 5.41) is 0.686. The molecule has 1 unspecified atom stereocenters. The molecule has 0 saturated heterocycles. The maximum absolute atomic E-state index is 6.00. The fourth-order valence-corrected chi connectivity index (χ4v) is 1.87. The predicted octanol–water partition coefficient (Wildman–Crippen LogP) is 1.80. The van der Waals surface area contributed by atoms with Crippen molar-refractivity contribution < 1.29 is 4.74 Å². The normalized spacial score (nSPS) is 12.8. The van der Waals surface area contributed by atoms with Gasteiger partial charge >= 0.3 is 0 Å². The van der Waals surface area contributed by atoms with Gasteiger partial charge in [0.25, 0.3) is 0 Å². The van der Waals surface area contributed by atoms with Crippen LogP contribution >= 0.6 is 11.6 Å². The van der Waals surface area contributed by atoms with E-state index >= 15 is 0 Å². The zero-order valence-corrected chi connectivity index (χ0v) is 11.3. The van der Waals surface area contributed by atoms with Crippen LogP contribution in [0.1, 0.15) is 18.0 Å². The minimum absolute atomic E-state index is 0.0334. The van der Waals surface area contributed by atoms with Crippen LogP contribution in [-0.4, -0.2) is 32.6 Å². The minimum atomic E-state index is 0.0334. The molecule has 0 heterocycles. The van der Waals surface area contributed by atoms with E-state index in [4.69, 9.17) is 22.2 Å². The number of hydrogen-bond donors (Lipinski definition) is 2. The lowest BCUT2D eigenvalue weighted by molar-refractivity contribution is 0.352. The van der Waals surface area contributed by atoms with Crippen LogP contribution in [0.5, 0.6) is 5.75 Å². The Morgan fingerprint density at radius 3 is 2.71 bits per heavy atom. The second-order valence-corrected chi connectivity index (χ2v) is 4.63. The first-order valence-corrected chi connectivity index (χ1v) is 5.90. The summed E-state index contributed by atoms with van der Waals surface area (Å²) < 4.78 is 5.32. The molecular formula is C12H20ClN3O. The average molecular weight is 258 g/mol. The van der Waals surface area contributed by atoms with E-state index in [0.717, 1.165) is 24.3 Å². The maximum atomic E-state index is 6.00. The first-order chi connectivity index (χ1) is 8.08. The second kappa shape index (κ2) is 6.81. The molecule has 0 saturated carbocycles. The number of ether oxygens (including phenoxy) is 1. The number of nitrogens with one attached hydrogen (secondary N) is 1. The highest BCUT2D eigenvalue weighted by molar-refractivity contribution is 6.30. The molecule has 1 atom stereocenters. The van der Waals surface area contributed by atoms with Gasteiger partial charge in [-0.25, -0.2) is 0 Å². The zero-order chi connectivity index (χ0) is 12.8. The van der Waals surface area contributed by atoms with Gasteiger partial charge in [-0.15, -0.1) is 0 Å². The number of rotatable bonds is 6. The van der Waals surface area contributed by atoms with Gasteiger partial charge in [-0.1, -0.05) is 11.6 Å². The van der Waals surface area contributed by atoms with Crippen molar-refractivity contribution in [2.75, 3.05) is 27.7 Å². The molecule has 3 N–H and O–H groups in total. The van der Waals surface area contributed by atoms with Gasteiger partial charge < -0.3 is 9.64 Å². The Bertz CT molecular complexity index is 358. The van der Waals surface area contributed by atoms with Gasteiger partial charge in [0.2, 0.25) is 0 Å². The monoisotopic (exact) mass is 257 g/mol. The summed E-state index contributed by atoms with van der Waals surface area (Å²) in [5.41, 5.74) is 3.80. The smallest absolute Gasteiger partial charge is 0.123 e. The molecule has 0 radical (unpaired) electrons. The Kier molecular flexibility index (Phi) is 5.71. The molecule has 96 valence electrons. The van der Waals surface area contributed by atoms with Crippen molar-refractivity contribution in [3.63, 3.8) is 0 Å². The molecule has 0 aliphatic carbocycles. The number of nitrogens with zero attached hydrogens (tertiary/aromatic N) is 1. The number of hydrazine groups is 1. The summed E-state index contributed by atoms with van der Waals surface area (Å²) in [4.78, 5) is 2.11. The van der Waals surface area contributed by atoms with Gasteiger partial charge in [-0.3, -0.25) is 11.3 Å². The van der Waals surface area contributed by atoms with Gasteiger partial charge in [-0.2, -0.15) is 0 Å². The van der Waals surface area contributed by atoms with E-state index in [2.05, 4.69) is 10.3 Å². The lowest BCUT2D eigenvalue weighted by Gasteiger charge is -2.21. The van der Waals surface area contributed by atoms with Gasteiger partial charge in [0, 0.05) is 10.6 Å². The third-order valence-corrected chi connectivity index (χ3v) is 2.87. The first kappa shape index (κ1) is 14.3. The topological polar surface area (TPSA) is 50.5 Å². The van der Waals surface area contributed by atoms with E-state index in [9.17, 15) is 0 Å². The van der Waals surface area contributed by atoms with Crippen LogP contribution in [0.3, 0.4) is 0 Å². The van der Waals surface area contributed by atoms with Crippen molar-refractivity contribution in [3.8, 4) is 5.75 Å². The number of nitrogens with two attached hydrogens (primary N) is 1. The SMILES string of the molecule is COc1ccc(Cl)cc1C(CCN(C)C)NN. The summed E-state index contributed by atoms with van der Waals surface area (Å²) >= 11 is 6.00. The fraction of sp³-hybridized carbons (Fsp3) is 0.500. The van der Waals surface area contributed by atoms with Crippen LogP contribution in [-0.2, 0) is 0 Å². The highest BCUT2D eigenvalue weighted by Crippen LogP contribution is 2.29. The molecule has 0 amide bonds. The highest BCUT2D eigenvalue weighted by atomic mass is 35.5. The van der Waals surface area contributed by atoms with Crippen molar-refractivity contribution in [1.82, 2.24) is 10.3 Å². The molecule has 1 rings (SSSR count). The molecule has 5 heteroatoms. The standard InChI is InChI=1S/C12H20ClN3O/c1-16(2)7-6-11(15-14)10-8-9(13)4-5-12(10)17-3/h4-5,8,11,15H,6-7,14H2,1-3H3. The molecule has 0 aliphatic rings. The third kappa shape index (κ3) is 4.16. The van der Waals surface area contributed by atoms with Crippen LogP contribution in [0, 0.1) is 0 Å². The van der Waals surface area contributed by atoms with E-state index in [1.54, 1.807) is 7.11 Å². The number of halogens is 1. The Morgan fingerprint density at radius 1 is 1.47 bits per heavy atom. The molecule has 0 aliphatic heterocycles. The molecule has 0 aromatic heterocycles.